The lowest BCUT2D eigenvalue weighted by Crippen LogP contribution is -2.27. The summed E-state index contributed by atoms with van der Waals surface area (Å²) in [4.78, 5) is 47.9. The maximum Gasteiger partial charge on any atom is 0.345 e. The lowest BCUT2D eigenvalue weighted by molar-refractivity contribution is -0.385. The van der Waals surface area contributed by atoms with E-state index in [-0.39, 0.29) is 54.9 Å². The Hall–Kier alpha value is -3.28. The number of nitrogens with zero attached hydrogens (tertiary/aromatic N) is 2. The smallest absolute Gasteiger partial charge is 0.345 e. The number of rotatable bonds is 10. The summed E-state index contributed by atoms with van der Waals surface area (Å²) in [5.41, 5.74) is -0.743. The van der Waals surface area contributed by atoms with Crippen LogP contribution in [0.3, 0.4) is 0 Å². The molecule has 0 N–H and O–H groups in total. The van der Waals surface area contributed by atoms with Gasteiger partial charge in [-0.1, -0.05) is 11.8 Å². The zero-order valence-electron chi connectivity index (χ0n) is 17.2. The van der Waals surface area contributed by atoms with Crippen molar-refractivity contribution in [1.82, 2.24) is 4.90 Å². The minimum absolute atomic E-state index is 0.0918. The normalized spacial score (nSPS) is 14.5. The summed E-state index contributed by atoms with van der Waals surface area (Å²) in [7, 11) is 2.59. The molecule has 0 aromatic heterocycles. The van der Waals surface area contributed by atoms with Gasteiger partial charge in [0.05, 0.1) is 55.3 Å². The molecule has 0 unspecified atom stereocenters. The maximum atomic E-state index is 12.4. The Kier molecular flexibility index (Phi) is 8.67. The van der Waals surface area contributed by atoms with E-state index in [1.165, 1.54) is 43.0 Å². The molecule has 0 radical (unpaired) electrons. The monoisotopic (exact) mass is 454 g/mol. The van der Waals surface area contributed by atoms with Crippen molar-refractivity contribution in [2.75, 3.05) is 39.7 Å². The standard InChI is InChI=1S/C19H22N2O9S/c1-4-29-15-9-13(21(25)26)12(8-14(15)27-2)19(24)30-7-5-6-20-16(22)11-31-17(20)10-18(23)28-3/h8-10H,4-7,11H2,1-3H3/b17-10-. The number of benzene rings is 1. The highest BCUT2D eigenvalue weighted by atomic mass is 32.2. The Labute approximate surface area is 182 Å². The molecule has 0 aliphatic carbocycles. The lowest BCUT2D eigenvalue weighted by atomic mass is 10.1. The molecular weight excluding hydrogens is 432 g/mol. The fraction of sp³-hybridized carbons (Fsp3) is 0.421. The predicted molar refractivity (Wildman–Crippen MR) is 110 cm³/mol. The molecule has 11 nitrogen and oxygen atoms in total. The topological polar surface area (TPSA) is 135 Å². The number of carbonyl (C=O) groups excluding carboxylic acids is 3. The quantitative estimate of drug-likeness (QED) is 0.170. The third-order valence-electron chi connectivity index (χ3n) is 4.11. The van der Waals surface area contributed by atoms with Crippen LogP contribution in [0.5, 0.6) is 11.5 Å². The van der Waals surface area contributed by atoms with Crippen LogP contribution in [0, 0.1) is 10.1 Å². The Morgan fingerprint density at radius 2 is 2.03 bits per heavy atom. The number of ether oxygens (including phenoxy) is 4. The van der Waals surface area contributed by atoms with Gasteiger partial charge in [-0.2, -0.15) is 0 Å². The summed E-state index contributed by atoms with van der Waals surface area (Å²) in [5, 5.41) is 11.8. The fourth-order valence-electron chi connectivity index (χ4n) is 2.69. The number of carbonyl (C=O) groups is 3. The van der Waals surface area contributed by atoms with E-state index < -0.39 is 22.5 Å². The van der Waals surface area contributed by atoms with E-state index in [4.69, 9.17) is 14.2 Å². The van der Waals surface area contributed by atoms with Gasteiger partial charge in [0.25, 0.3) is 5.69 Å². The second kappa shape index (κ2) is 11.2. The van der Waals surface area contributed by atoms with Gasteiger partial charge in [0.2, 0.25) is 5.91 Å². The molecule has 1 aromatic rings. The average molecular weight is 454 g/mol. The summed E-state index contributed by atoms with van der Waals surface area (Å²) in [6.45, 7) is 2.09. The van der Waals surface area contributed by atoms with Gasteiger partial charge in [-0.15, -0.1) is 0 Å². The van der Waals surface area contributed by atoms with E-state index in [0.29, 0.717) is 5.03 Å². The summed E-state index contributed by atoms with van der Waals surface area (Å²) >= 11 is 1.21. The Morgan fingerprint density at radius 1 is 1.29 bits per heavy atom. The molecule has 0 saturated carbocycles. The van der Waals surface area contributed by atoms with Crippen LogP contribution >= 0.6 is 11.8 Å². The first-order chi connectivity index (χ1) is 14.8. The van der Waals surface area contributed by atoms with Crippen LogP contribution in [0.15, 0.2) is 23.2 Å². The van der Waals surface area contributed by atoms with Crippen LogP contribution in [-0.4, -0.2) is 67.4 Å². The Morgan fingerprint density at radius 3 is 2.65 bits per heavy atom. The number of methoxy groups -OCH3 is 2. The molecule has 1 aliphatic heterocycles. The Bertz CT molecular complexity index is 901. The van der Waals surface area contributed by atoms with Gasteiger partial charge in [0, 0.05) is 12.6 Å². The minimum atomic E-state index is -0.902. The number of nitro groups is 1. The highest BCUT2D eigenvalue weighted by Gasteiger charge is 2.28. The molecule has 168 valence electrons. The molecule has 1 aliphatic rings. The van der Waals surface area contributed by atoms with Crippen LogP contribution in [-0.2, 0) is 19.1 Å². The summed E-state index contributed by atoms with van der Waals surface area (Å²) in [5.74, 6) is -1.16. The number of thioether (sulfide) groups is 1. The molecule has 0 atom stereocenters. The van der Waals surface area contributed by atoms with Gasteiger partial charge >= 0.3 is 11.9 Å². The average Bonchev–Trinajstić information content (AvgIpc) is 3.09. The van der Waals surface area contributed by atoms with Gasteiger partial charge < -0.3 is 23.8 Å². The van der Waals surface area contributed by atoms with Crippen LogP contribution in [0.25, 0.3) is 0 Å². The van der Waals surface area contributed by atoms with Crippen LogP contribution in [0.2, 0.25) is 0 Å². The second-order valence-corrected chi connectivity index (χ2v) is 7.04. The van der Waals surface area contributed by atoms with Gasteiger partial charge in [0.1, 0.15) is 5.56 Å². The summed E-state index contributed by atoms with van der Waals surface area (Å²) < 4.78 is 20.2. The number of hydrogen-bond donors (Lipinski definition) is 0. The van der Waals surface area contributed by atoms with Gasteiger partial charge in [-0.3, -0.25) is 14.9 Å². The van der Waals surface area contributed by atoms with Crippen molar-refractivity contribution >= 4 is 35.3 Å². The first kappa shape index (κ1) is 24.0. The molecule has 1 fully saturated rings. The Balaban J connectivity index is 2.04. The van der Waals surface area contributed by atoms with E-state index in [2.05, 4.69) is 4.74 Å². The van der Waals surface area contributed by atoms with Gasteiger partial charge in [-0.05, 0) is 13.3 Å². The zero-order valence-corrected chi connectivity index (χ0v) is 18.1. The largest absolute Gasteiger partial charge is 0.493 e. The molecular formula is C19H22N2O9S. The first-order valence-corrected chi connectivity index (χ1v) is 10.2. The molecule has 1 aromatic carbocycles. The zero-order chi connectivity index (χ0) is 23.0. The van der Waals surface area contributed by atoms with Crippen molar-refractivity contribution in [2.45, 2.75) is 13.3 Å². The summed E-state index contributed by atoms with van der Waals surface area (Å²) in [6, 6.07) is 2.31. The second-order valence-electron chi connectivity index (χ2n) is 6.04. The molecule has 2 rings (SSSR count). The lowest BCUT2D eigenvalue weighted by Gasteiger charge is -2.16. The van der Waals surface area contributed by atoms with Crippen molar-refractivity contribution in [3.63, 3.8) is 0 Å². The molecule has 1 amide bonds. The molecule has 1 saturated heterocycles. The SMILES string of the molecule is CCOc1cc([N+](=O)[O-])c(C(=O)OCCCN2C(=O)CS/C2=C\C(=O)OC)cc1OC. The first-order valence-electron chi connectivity index (χ1n) is 9.21. The van der Waals surface area contributed by atoms with Crippen LogP contribution in [0.1, 0.15) is 23.7 Å². The van der Waals surface area contributed by atoms with E-state index in [0.717, 1.165) is 6.07 Å². The molecule has 1 heterocycles. The predicted octanol–water partition coefficient (Wildman–Crippen LogP) is 2.14. The van der Waals surface area contributed by atoms with Gasteiger partial charge in [0.15, 0.2) is 11.5 Å². The van der Waals surface area contributed by atoms with Gasteiger partial charge in [-0.25, -0.2) is 9.59 Å². The molecule has 0 spiro atoms. The van der Waals surface area contributed by atoms with Crippen molar-refractivity contribution in [2.24, 2.45) is 0 Å². The van der Waals surface area contributed by atoms with Crippen molar-refractivity contribution in [3.8, 4) is 11.5 Å². The molecule has 0 bridgehead atoms. The highest BCUT2D eigenvalue weighted by Crippen LogP contribution is 2.35. The number of hydrogen-bond acceptors (Lipinski definition) is 10. The van der Waals surface area contributed by atoms with Crippen molar-refractivity contribution < 1.29 is 38.3 Å². The van der Waals surface area contributed by atoms with Crippen LogP contribution < -0.4 is 9.47 Å². The highest BCUT2D eigenvalue weighted by molar-refractivity contribution is 8.04. The minimum Gasteiger partial charge on any atom is -0.493 e. The molecule has 31 heavy (non-hydrogen) atoms. The van der Waals surface area contributed by atoms with Crippen molar-refractivity contribution in [1.29, 1.82) is 0 Å². The third kappa shape index (κ3) is 6.10. The van der Waals surface area contributed by atoms with Crippen LogP contribution in [0.4, 0.5) is 5.69 Å². The number of nitro benzene ring substituents is 1. The fourth-order valence-corrected chi connectivity index (χ4v) is 3.64. The molecule has 12 heteroatoms. The third-order valence-corrected chi connectivity index (χ3v) is 5.14. The maximum absolute atomic E-state index is 12.4. The van der Waals surface area contributed by atoms with E-state index >= 15 is 0 Å². The van der Waals surface area contributed by atoms with E-state index in [1.807, 2.05) is 0 Å². The summed E-state index contributed by atoms with van der Waals surface area (Å²) in [6.07, 6.45) is 1.48. The number of esters is 2. The van der Waals surface area contributed by atoms with Crippen molar-refractivity contribution in [3.05, 3.63) is 38.9 Å². The van der Waals surface area contributed by atoms with E-state index in [1.54, 1.807) is 6.92 Å². The number of amides is 1. The van der Waals surface area contributed by atoms with E-state index in [9.17, 15) is 24.5 Å².